The minimum absolute atomic E-state index is 0.469. The lowest BCUT2D eigenvalue weighted by Crippen LogP contribution is -1.92. The second-order valence-corrected chi connectivity index (χ2v) is 5.44. The first-order valence-corrected chi connectivity index (χ1v) is 7.62. The van der Waals surface area contributed by atoms with Gasteiger partial charge in [-0.05, 0) is 48.4 Å². The topological polar surface area (TPSA) is 61.7 Å². The Morgan fingerprint density at radius 2 is 2.08 bits per heavy atom. The fraction of sp³-hybridized carbons (Fsp3) is 0.100. The molecule has 3 rings (SSSR count). The first-order chi connectivity index (χ1) is 11.7. The molecule has 0 saturated carbocycles. The number of ether oxygens (including phenoxy) is 1. The molecule has 1 aromatic heterocycles. The fourth-order valence-corrected chi connectivity index (χ4v) is 2.39. The van der Waals surface area contributed by atoms with E-state index in [1.54, 1.807) is 6.08 Å². The second-order valence-electron chi connectivity index (χ2n) is 5.44. The minimum Gasteiger partial charge on any atom is -0.490 e. The van der Waals surface area contributed by atoms with Gasteiger partial charge in [0.15, 0.2) is 0 Å². The van der Waals surface area contributed by atoms with Gasteiger partial charge in [-0.1, -0.05) is 30.9 Å². The van der Waals surface area contributed by atoms with E-state index in [4.69, 9.17) is 4.74 Å². The number of imidazole rings is 1. The average molecular weight is 315 g/mol. The summed E-state index contributed by atoms with van der Waals surface area (Å²) in [7, 11) is 0. The Balaban J connectivity index is 1.90. The van der Waals surface area contributed by atoms with Gasteiger partial charge in [-0.25, -0.2) is 4.98 Å². The maximum absolute atomic E-state index is 9.48. The average Bonchev–Trinajstić information content (AvgIpc) is 3.01. The molecule has 2 aromatic carbocycles. The Labute approximate surface area is 140 Å². The number of rotatable bonds is 5. The summed E-state index contributed by atoms with van der Waals surface area (Å²) in [6.45, 7) is 6.11. The van der Waals surface area contributed by atoms with Gasteiger partial charge in [-0.3, -0.25) is 0 Å². The van der Waals surface area contributed by atoms with E-state index in [9.17, 15) is 5.26 Å². The van der Waals surface area contributed by atoms with Crippen LogP contribution in [0.3, 0.4) is 0 Å². The van der Waals surface area contributed by atoms with Gasteiger partial charge < -0.3 is 9.72 Å². The molecule has 0 aliphatic rings. The van der Waals surface area contributed by atoms with Crippen molar-refractivity contribution >= 4 is 22.7 Å². The SMILES string of the molecule is C=CCOc1ccc(C=C(C#N)c2nc3ccc(C)cc3[nH]2)cc1. The number of fused-ring (bicyclic) bond motifs is 1. The molecule has 0 fully saturated rings. The molecule has 1 N–H and O–H groups in total. The van der Waals surface area contributed by atoms with Crippen molar-refractivity contribution in [1.29, 1.82) is 5.26 Å². The molecule has 0 unspecified atom stereocenters. The predicted molar refractivity (Wildman–Crippen MR) is 96.4 cm³/mol. The molecule has 0 saturated heterocycles. The number of nitriles is 1. The van der Waals surface area contributed by atoms with Crippen LogP contribution in [0.15, 0.2) is 55.1 Å². The number of aromatic nitrogens is 2. The van der Waals surface area contributed by atoms with E-state index < -0.39 is 0 Å². The molecule has 0 radical (unpaired) electrons. The van der Waals surface area contributed by atoms with Gasteiger partial charge >= 0.3 is 0 Å². The Morgan fingerprint density at radius 3 is 2.79 bits per heavy atom. The van der Waals surface area contributed by atoms with Crippen LogP contribution in [0.4, 0.5) is 0 Å². The zero-order valence-electron chi connectivity index (χ0n) is 13.4. The van der Waals surface area contributed by atoms with Crippen molar-refractivity contribution in [2.24, 2.45) is 0 Å². The molecular weight excluding hydrogens is 298 g/mol. The van der Waals surface area contributed by atoms with Gasteiger partial charge in [0, 0.05) is 0 Å². The smallest absolute Gasteiger partial charge is 0.149 e. The van der Waals surface area contributed by atoms with E-state index in [0.717, 1.165) is 27.9 Å². The third kappa shape index (κ3) is 3.36. The lowest BCUT2D eigenvalue weighted by atomic mass is 10.1. The minimum atomic E-state index is 0.469. The van der Waals surface area contributed by atoms with Crippen molar-refractivity contribution in [3.05, 3.63) is 72.1 Å². The monoisotopic (exact) mass is 315 g/mol. The Bertz CT molecular complexity index is 943. The Hall–Kier alpha value is -3.32. The van der Waals surface area contributed by atoms with Crippen LogP contribution in [-0.2, 0) is 0 Å². The van der Waals surface area contributed by atoms with Crippen LogP contribution in [0.2, 0.25) is 0 Å². The van der Waals surface area contributed by atoms with E-state index in [0.29, 0.717) is 18.0 Å². The van der Waals surface area contributed by atoms with Crippen molar-refractivity contribution in [3.8, 4) is 11.8 Å². The number of hydrogen-bond acceptors (Lipinski definition) is 3. The zero-order chi connectivity index (χ0) is 16.9. The summed E-state index contributed by atoms with van der Waals surface area (Å²) in [5.41, 5.74) is 4.33. The highest BCUT2D eigenvalue weighted by Gasteiger charge is 2.08. The summed E-state index contributed by atoms with van der Waals surface area (Å²) >= 11 is 0. The number of benzene rings is 2. The standard InChI is InChI=1S/C20H17N3O/c1-3-10-24-17-7-5-15(6-8-17)12-16(13-21)20-22-18-9-4-14(2)11-19(18)23-20/h3-9,11-12H,1,10H2,2H3,(H,22,23). The van der Waals surface area contributed by atoms with E-state index in [2.05, 4.69) is 22.6 Å². The molecule has 0 atom stereocenters. The summed E-state index contributed by atoms with van der Waals surface area (Å²) in [6, 6.07) is 15.7. The number of hydrogen-bond donors (Lipinski definition) is 1. The van der Waals surface area contributed by atoms with Crippen molar-refractivity contribution in [2.45, 2.75) is 6.92 Å². The fourth-order valence-electron chi connectivity index (χ4n) is 2.39. The summed E-state index contributed by atoms with van der Waals surface area (Å²) in [4.78, 5) is 7.71. The van der Waals surface area contributed by atoms with E-state index in [1.165, 1.54) is 0 Å². The summed E-state index contributed by atoms with van der Waals surface area (Å²) in [5, 5.41) is 9.48. The van der Waals surface area contributed by atoms with Crippen LogP contribution in [0.25, 0.3) is 22.7 Å². The Kier molecular flexibility index (Phi) is 4.44. The molecular formula is C20H17N3O. The lowest BCUT2D eigenvalue weighted by Gasteiger charge is -2.03. The molecule has 0 spiro atoms. The number of aryl methyl sites for hydroxylation is 1. The number of nitrogens with one attached hydrogen (secondary N) is 1. The van der Waals surface area contributed by atoms with Gasteiger partial charge in [0.2, 0.25) is 0 Å². The summed E-state index contributed by atoms with van der Waals surface area (Å²) in [6.07, 6.45) is 3.51. The van der Waals surface area contributed by atoms with Crippen molar-refractivity contribution < 1.29 is 4.74 Å². The maximum Gasteiger partial charge on any atom is 0.149 e. The van der Waals surface area contributed by atoms with Crippen LogP contribution >= 0.6 is 0 Å². The predicted octanol–water partition coefficient (Wildman–Crippen LogP) is 4.50. The molecule has 1 heterocycles. The molecule has 4 nitrogen and oxygen atoms in total. The molecule has 24 heavy (non-hydrogen) atoms. The normalized spacial score (nSPS) is 11.2. The van der Waals surface area contributed by atoms with E-state index in [-0.39, 0.29) is 0 Å². The van der Waals surface area contributed by atoms with Gasteiger partial charge in [0.05, 0.1) is 16.6 Å². The van der Waals surface area contributed by atoms with Crippen LogP contribution in [0, 0.1) is 18.3 Å². The van der Waals surface area contributed by atoms with Crippen molar-refractivity contribution in [1.82, 2.24) is 9.97 Å². The van der Waals surface area contributed by atoms with Crippen LogP contribution in [-0.4, -0.2) is 16.6 Å². The lowest BCUT2D eigenvalue weighted by molar-refractivity contribution is 0.363. The number of aromatic amines is 1. The molecule has 4 heteroatoms. The summed E-state index contributed by atoms with van der Waals surface area (Å²) < 4.78 is 5.45. The van der Waals surface area contributed by atoms with Crippen LogP contribution in [0.5, 0.6) is 5.75 Å². The third-order valence-electron chi connectivity index (χ3n) is 3.57. The third-order valence-corrected chi connectivity index (χ3v) is 3.57. The number of H-pyrrole nitrogens is 1. The second kappa shape index (κ2) is 6.84. The quantitative estimate of drug-likeness (QED) is 0.557. The molecule has 118 valence electrons. The van der Waals surface area contributed by atoms with E-state index in [1.807, 2.05) is 55.5 Å². The highest BCUT2D eigenvalue weighted by Crippen LogP contribution is 2.21. The van der Waals surface area contributed by atoms with Crippen molar-refractivity contribution in [3.63, 3.8) is 0 Å². The van der Waals surface area contributed by atoms with Gasteiger partial charge in [0.25, 0.3) is 0 Å². The van der Waals surface area contributed by atoms with E-state index >= 15 is 0 Å². The first-order valence-electron chi connectivity index (χ1n) is 7.62. The highest BCUT2D eigenvalue weighted by atomic mass is 16.5. The van der Waals surface area contributed by atoms with Gasteiger partial charge in [-0.15, -0.1) is 0 Å². The van der Waals surface area contributed by atoms with Crippen LogP contribution < -0.4 is 4.74 Å². The summed E-state index contributed by atoms with van der Waals surface area (Å²) in [5.74, 6) is 1.34. The van der Waals surface area contributed by atoms with Gasteiger partial charge in [0.1, 0.15) is 24.3 Å². The molecule has 0 aliphatic heterocycles. The molecule has 0 bridgehead atoms. The number of allylic oxidation sites excluding steroid dienone is 1. The van der Waals surface area contributed by atoms with Gasteiger partial charge in [-0.2, -0.15) is 5.26 Å². The Morgan fingerprint density at radius 1 is 1.29 bits per heavy atom. The van der Waals surface area contributed by atoms with Crippen molar-refractivity contribution in [2.75, 3.05) is 6.61 Å². The maximum atomic E-state index is 9.48. The van der Waals surface area contributed by atoms with Crippen LogP contribution in [0.1, 0.15) is 17.0 Å². The molecule has 0 aliphatic carbocycles. The number of nitrogens with zero attached hydrogens (tertiary/aromatic N) is 2. The highest BCUT2D eigenvalue weighted by molar-refractivity contribution is 5.90. The molecule has 0 amide bonds. The zero-order valence-corrected chi connectivity index (χ0v) is 13.4. The molecule has 3 aromatic rings. The first kappa shape index (κ1) is 15.6. The largest absolute Gasteiger partial charge is 0.490 e.